The second kappa shape index (κ2) is 5.80. The van der Waals surface area contributed by atoms with Crippen LogP contribution in [0.15, 0.2) is 27.8 Å². The number of fused-ring (bicyclic) bond motifs is 1. The maximum atomic E-state index is 12.0. The molecule has 1 aromatic carbocycles. The number of nitrogens with zero attached hydrogens (tertiary/aromatic N) is 2. The summed E-state index contributed by atoms with van der Waals surface area (Å²) in [7, 11) is -3.98. The molecule has 0 aliphatic carbocycles. The number of amides is 1. The van der Waals surface area contributed by atoms with Crippen LogP contribution in [-0.2, 0) is 14.6 Å². The molecule has 0 aliphatic heterocycles. The zero-order valence-corrected chi connectivity index (χ0v) is 11.7. The SMILES string of the molecule is N#CCCNC(=O)CS(=O)(=O)c1nc2ccc(N)cc2o1. The van der Waals surface area contributed by atoms with E-state index in [1.165, 1.54) is 12.1 Å². The van der Waals surface area contributed by atoms with Gasteiger partial charge in [0.05, 0.1) is 12.5 Å². The van der Waals surface area contributed by atoms with E-state index < -0.39 is 26.7 Å². The number of hydrogen-bond acceptors (Lipinski definition) is 7. The zero-order valence-electron chi connectivity index (χ0n) is 10.9. The molecule has 0 atom stereocenters. The van der Waals surface area contributed by atoms with E-state index in [-0.39, 0.29) is 18.5 Å². The van der Waals surface area contributed by atoms with Crippen LogP contribution in [0.25, 0.3) is 11.1 Å². The van der Waals surface area contributed by atoms with Crippen LogP contribution in [0.3, 0.4) is 0 Å². The number of nitrogens with one attached hydrogen (secondary N) is 1. The average Bonchev–Trinajstić information content (AvgIpc) is 2.82. The lowest BCUT2D eigenvalue weighted by Crippen LogP contribution is -2.31. The molecular weight excluding hydrogens is 296 g/mol. The smallest absolute Gasteiger partial charge is 0.316 e. The van der Waals surface area contributed by atoms with Gasteiger partial charge in [-0.15, -0.1) is 0 Å². The minimum Gasteiger partial charge on any atom is -0.428 e. The number of oxazole rings is 1. The molecule has 1 aromatic heterocycles. The van der Waals surface area contributed by atoms with Gasteiger partial charge in [-0.25, -0.2) is 8.42 Å². The van der Waals surface area contributed by atoms with Gasteiger partial charge in [-0.3, -0.25) is 4.79 Å². The summed E-state index contributed by atoms with van der Waals surface area (Å²) in [4.78, 5) is 15.3. The van der Waals surface area contributed by atoms with E-state index in [1.807, 2.05) is 6.07 Å². The predicted molar refractivity (Wildman–Crippen MR) is 73.7 cm³/mol. The van der Waals surface area contributed by atoms with E-state index in [0.717, 1.165) is 0 Å². The molecule has 1 amide bonds. The van der Waals surface area contributed by atoms with Crippen molar-refractivity contribution in [2.75, 3.05) is 18.0 Å². The number of nitriles is 1. The molecule has 0 saturated carbocycles. The van der Waals surface area contributed by atoms with Crippen LogP contribution >= 0.6 is 0 Å². The van der Waals surface area contributed by atoms with Gasteiger partial charge in [-0.05, 0) is 12.1 Å². The molecule has 21 heavy (non-hydrogen) atoms. The highest BCUT2D eigenvalue weighted by Crippen LogP contribution is 2.21. The van der Waals surface area contributed by atoms with Gasteiger partial charge in [-0.1, -0.05) is 0 Å². The van der Waals surface area contributed by atoms with E-state index in [0.29, 0.717) is 11.2 Å². The first-order chi connectivity index (χ1) is 9.92. The van der Waals surface area contributed by atoms with Crippen molar-refractivity contribution in [3.8, 4) is 6.07 Å². The minimum atomic E-state index is -3.98. The Morgan fingerprint density at radius 3 is 2.95 bits per heavy atom. The summed E-state index contributed by atoms with van der Waals surface area (Å²) in [5, 5.41) is 10.1. The summed E-state index contributed by atoms with van der Waals surface area (Å²) < 4.78 is 29.2. The number of carbonyl (C=O) groups is 1. The Kier molecular flexibility index (Phi) is 4.09. The lowest BCUT2D eigenvalue weighted by atomic mass is 10.3. The molecule has 0 radical (unpaired) electrons. The minimum absolute atomic E-state index is 0.0922. The summed E-state index contributed by atoms with van der Waals surface area (Å²) in [5.74, 6) is -1.51. The Hall–Kier alpha value is -2.60. The van der Waals surface area contributed by atoms with E-state index in [2.05, 4.69) is 10.3 Å². The summed E-state index contributed by atoms with van der Waals surface area (Å²) in [6.45, 7) is 0.0922. The lowest BCUT2D eigenvalue weighted by molar-refractivity contribution is -0.118. The molecule has 0 aliphatic rings. The van der Waals surface area contributed by atoms with Gasteiger partial charge < -0.3 is 15.5 Å². The normalized spacial score (nSPS) is 11.2. The number of hydrogen-bond donors (Lipinski definition) is 2. The number of nitrogen functional groups attached to an aromatic ring is 1. The van der Waals surface area contributed by atoms with Crippen molar-refractivity contribution in [3.05, 3.63) is 18.2 Å². The van der Waals surface area contributed by atoms with E-state index in [1.54, 1.807) is 6.07 Å². The van der Waals surface area contributed by atoms with Crippen molar-refractivity contribution in [3.63, 3.8) is 0 Å². The van der Waals surface area contributed by atoms with E-state index >= 15 is 0 Å². The van der Waals surface area contributed by atoms with Gasteiger partial charge >= 0.3 is 5.22 Å². The van der Waals surface area contributed by atoms with Crippen molar-refractivity contribution >= 4 is 32.5 Å². The highest BCUT2D eigenvalue weighted by Gasteiger charge is 2.25. The third-order valence-electron chi connectivity index (χ3n) is 2.54. The highest BCUT2D eigenvalue weighted by atomic mass is 32.2. The zero-order chi connectivity index (χ0) is 15.5. The van der Waals surface area contributed by atoms with Crippen molar-refractivity contribution in [2.24, 2.45) is 0 Å². The van der Waals surface area contributed by atoms with Crippen molar-refractivity contribution in [1.82, 2.24) is 10.3 Å². The highest BCUT2D eigenvalue weighted by molar-refractivity contribution is 7.91. The number of rotatable bonds is 5. The molecule has 3 N–H and O–H groups in total. The van der Waals surface area contributed by atoms with Crippen molar-refractivity contribution in [2.45, 2.75) is 11.6 Å². The molecule has 0 unspecified atom stereocenters. The van der Waals surface area contributed by atoms with Crippen molar-refractivity contribution < 1.29 is 17.6 Å². The average molecular weight is 308 g/mol. The number of benzene rings is 1. The van der Waals surface area contributed by atoms with Crippen LogP contribution in [0.4, 0.5) is 5.69 Å². The molecule has 0 bridgehead atoms. The number of aromatic nitrogens is 1. The third-order valence-corrected chi connectivity index (χ3v) is 3.89. The first kappa shape index (κ1) is 14.8. The van der Waals surface area contributed by atoms with Gasteiger partial charge in [0.25, 0.3) is 0 Å². The Bertz CT molecular complexity index is 819. The molecule has 0 spiro atoms. The monoisotopic (exact) mass is 308 g/mol. The van der Waals surface area contributed by atoms with Gasteiger partial charge in [0.15, 0.2) is 5.58 Å². The first-order valence-electron chi connectivity index (χ1n) is 5.95. The lowest BCUT2D eigenvalue weighted by Gasteiger charge is -2.01. The summed E-state index contributed by atoms with van der Waals surface area (Å²) in [6.07, 6.45) is 0.105. The molecule has 1 heterocycles. The molecule has 0 saturated heterocycles. The van der Waals surface area contributed by atoms with Crippen LogP contribution in [0.1, 0.15) is 6.42 Å². The van der Waals surface area contributed by atoms with Gasteiger partial charge in [0.2, 0.25) is 15.7 Å². The largest absolute Gasteiger partial charge is 0.428 e. The topological polar surface area (TPSA) is 139 Å². The number of sulfone groups is 1. The van der Waals surface area contributed by atoms with Gasteiger partial charge in [-0.2, -0.15) is 10.2 Å². The van der Waals surface area contributed by atoms with E-state index in [9.17, 15) is 13.2 Å². The molecule has 2 aromatic rings. The third kappa shape index (κ3) is 3.49. The molecule has 8 nitrogen and oxygen atoms in total. The maximum absolute atomic E-state index is 12.0. The Morgan fingerprint density at radius 1 is 1.48 bits per heavy atom. The molecule has 2 rings (SSSR count). The molecule has 0 fully saturated rings. The summed E-state index contributed by atoms with van der Waals surface area (Å²) in [6, 6.07) is 6.38. The second-order valence-corrected chi connectivity index (χ2v) is 6.09. The second-order valence-electron chi connectivity index (χ2n) is 4.22. The Morgan fingerprint density at radius 2 is 2.24 bits per heavy atom. The fourth-order valence-corrected chi connectivity index (χ4v) is 2.62. The van der Waals surface area contributed by atoms with Crippen LogP contribution < -0.4 is 11.1 Å². The van der Waals surface area contributed by atoms with Crippen LogP contribution in [-0.4, -0.2) is 31.6 Å². The molecular formula is C12H12N4O4S. The summed E-state index contributed by atoms with van der Waals surface area (Å²) in [5.41, 5.74) is 6.55. The first-order valence-corrected chi connectivity index (χ1v) is 7.60. The van der Waals surface area contributed by atoms with Crippen molar-refractivity contribution in [1.29, 1.82) is 5.26 Å². The number of anilines is 1. The quantitative estimate of drug-likeness (QED) is 0.594. The van der Waals surface area contributed by atoms with Crippen LogP contribution in [0, 0.1) is 11.3 Å². The maximum Gasteiger partial charge on any atom is 0.316 e. The Labute approximate surface area is 120 Å². The molecule has 110 valence electrons. The summed E-state index contributed by atoms with van der Waals surface area (Å²) >= 11 is 0. The Balaban J connectivity index is 2.18. The predicted octanol–water partition coefficient (Wildman–Crippen LogP) is 0.214. The van der Waals surface area contributed by atoms with Crippen LogP contribution in [0.2, 0.25) is 0 Å². The fourth-order valence-electron chi connectivity index (χ4n) is 1.60. The standard InChI is InChI=1S/C12H12N4O4S/c13-4-1-5-15-11(17)7-21(18,19)12-16-9-3-2-8(14)6-10(9)20-12/h2-3,6H,1,5,7,14H2,(H,15,17). The fraction of sp³-hybridized carbons (Fsp3) is 0.250. The number of nitrogens with two attached hydrogens (primary N) is 1. The molecule has 9 heteroatoms. The van der Waals surface area contributed by atoms with Crippen LogP contribution in [0.5, 0.6) is 0 Å². The van der Waals surface area contributed by atoms with Gasteiger partial charge in [0, 0.05) is 18.3 Å². The van der Waals surface area contributed by atoms with Gasteiger partial charge in [0.1, 0.15) is 11.3 Å². The van der Waals surface area contributed by atoms with E-state index in [4.69, 9.17) is 15.4 Å². The number of carbonyl (C=O) groups excluding carboxylic acids is 1.